The van der Waals surface area contributed by atoms with Gasteiger partial charge in [0.2, 0.25) is 0 Å². The van der Waals surface area contributed by atoms with Crippen LogP contribution in [0.15, 0.2) is 18.3 Å². The van der Waals surface area contributed by atoms with E-state index in [0.29, 0.717) is 16.3 Å². The average molecular weight is 260 g/mol. The van der Waals surface area contributed by atoms with Crippen LogP contribution in [0.1, 0.15) is 27.0 Å². The van der Waals surface area contributed by atoms with Gasteiger partial charge in [-0.1, -0.05) is 6.92 Å². The quantitative estimate of drug-likeness (QED) is 0.919. The van der Waals surface area contributed by atoms with Gasteiger partial charge in [-0.2, -0.15) is 10.4 Å². The lowest BCUT2D eigenvalue weighted by molar-refractivity contribution is 0.102. The van der Waals surface area contributed by atoms with E-state index in [-0.39, 0.29) is 5.91 Å². The fraction of sp³-hybridized carbons (Fsp3) is 0.250. The minimum atomic E-state index is -0.209. The van der Waals surface area contributed by atoms with Crippen molar-refractivity contribution >= 4 is 23.1 Å². The molecule has 5 nitrogen and oxygen atoms in total. The summed E-state index contributed by atoms with van der Waals surface area (Å²) in [5.41, 5.74) is 0.359. The molecule has 0 saturated carbocycles. The lowest BCUT2D eigenvalue weighted by Gasteiger charge is -2.04. The lowest BCUT2D eigenvalue weighted by Crippen LogP contribution is -2.14. The van der Waals surface area contributed by atoms with Crippen LogP contribution in [0, 0.1) is 11.3 Å². The molecule has 0 aliphatic heterocycles. The predicted molar refractivity (Wildman–Crippen MR) is 69.6 cm³/mol. The second kappa shape index (κ2) is 5.02. The van der Waals surface area contributed by atoms with Crippen LogP contribution in [0.25, 0.3) is 0 Å². The number of rotatable bonds is 3. The van der Waals surface area contributed by atoms with Crippen LogP contribution in [0.2, 0.25) is 0 Å². The number of hydrogen-bond acceptors (Lipinski definition) is 4. The van der Waals surface area contributed by atoms with E-state index in [0.717, 1.165) is 11.3 Å². The Bertz CT molecular complexity index is 620. The summed E-state index contributed by atoms with van der Waals surface area (Å²) < 4.78 is 1.48. The zero-order chi connectivity index (χ0) is 13.1. The van der Waals surface area contributed by atoms with Crippen molar-refractivity contribution in [3.05, 3.63) is 33.6 Å². The van der Waals surface area contributed by atoms with E-state index in [9.17, 15) is 4.79 Å². The first-order valence-corrected chi connectivity index (χ1v) is 6.29. The van der Waals surface area contributed by atoms with E-state index in [2.05, 4.69) is 10.4 Å². The molecule has 0 radical (unpaired) electrons. The third-order valence-electron chi connectivity index (χ3n) is 2.53. The predicted octanol–water partition coefficient (Wildman–Crippen LogP) is 2.17. The van der Waals surface area contributed by atoms with Crippen LogP contribution < -0.4 is 5.32 Å². The molecule has 0 spiro atoms. The van der Waals surface area contributed by atoms with E-state index >= 15 is 0 Å². The molecule has 1 amide bonds. The normalized spacial score (nSPS) is 10.1. The molecule has 0 fully saturated rings. The Hall–Kier alpha value is -2.13. The van der Waals surface area contributed by atoms with Gasteiger partial charge in [-0.3, -0.25) is 9.48 Å². The molecule has 1 N–H and O–H groups in total. The molecule has 0 aliphatic rings. The van der Waals surface area contributed by atoms with Crippen molar-refractivity contribution in [1.29, 1.82) is 5.26 Å². The first kappa shape index (κ1) is 12.3. The smallest absolute Gasteiger partial charge is 0.266 e. The van der Waals surface area contributed by atoms with Crippen LogP contribution >= 0.6 is 11.3 Å². The van der Waals surface area contributed by atoms with Gasteiger partial charge in [0, 0.05) is 11.9 Å². The second-order valence-electron chi connectivity index (χ2n) is 3.72. The number of nitrogens with one attached hydrogen (secondary N) is 1. The number of hydrogen-bond donors (Lipinski definition) is 1. The highest BCUT2D eigenvalue weighted by atomic mass is 32.1. The zero-order valence-electron chi connectivity index (χ0n) is 10.1. The Morgan fingerprint density at radius 2 is 2.39 bits per heavy atom. The minimum Gasteiger partial charge on any atom is -0.305 e. The van der Waals surface area contributed by atoms with E-state index in [1.807, 2.05) is 19.1 Å². The SMILES string of the molecule is CCc1ccc(C(=O)Nc2c(C#N)cnn2C)s1. The molecular weight excluding hydrogens is 248 g/mol. The van der Waals surface area contributed by atoms with Gasteiger partial charge in [0.25, 0.3) is 5.91 Å². The summed E-state index contributed by atoms with van der Waals surface area (Å²) in [7, 11) is 1.68. The van der Waals surface area contributed by atoms with Crippen molar-refractivity contribution in [2.24, 2.45) is 7.05 Å². The van der Waals surface area contributed by atoms with Crippen LogP contribution in [0.4, 0.5) is 5.82 Å². The maximum absolute atomic E-state index is 12.0. The number of aromatic nitrogens is 2. The van der Waals surface area contributed by atoms with Crippen molar-refractivity contribution in [3.8, 4) is 6.07 Å². The van der Waals surface area contributed by atoms with E-state index in [4.69, 9.17) is 5.26 Å². The van der Waals surface area contributed by atoms with Crippen molar-refractivity contribution in [2.75, 3.05) is 5.32 Å². The van der Waals surface area contributed by atoms with Crippen molar-refractivity contribution in [1.82, 2.24) is 9.78 Å². The van der Waals surface area contributed by atoms with E-state index in [1.54, 1.807) is 13.1 Å². The molecule has 6 heteroatoms. The summed E-state index contributed by atoms with van der Waals surface area (Å²) in [6, 6.07) is 5.73. The molecule has 0 bridgehead atoms. The standard InChI is InChI=1S/C12H12N4OS/c1-3-9-4-5-10(18-9)12(17)15-11-8(6-13)7-14-16(11)2/h4-5,7H,3H2,1-2H3,(H,15,17). The van der Waals surface area contributed by atoms with Gasteiger partial charge in [0.05, 0.1) is 11.1 Å². The van der Waals surface area contributed by atoms with Gasteiger partial charge in [-0.05, 0) is 18.6 Å². The highest BCUT2D eigenvalue weighted by Gasteiger charge is 2.14. The van der Waals surface area contributed by atoms with Gasteiger partial charge in [0.15, 0.2) is 0 Å². The monoisotopic (exact) mass is 260 g/mol. The maximum atomic E-state index is 12.0. The topological polar surface area (TPSA) is 70.7 Å². The van der Waals surface area contributed by atoms with Gasteiger partial charge >= 0.3 is 0 Å². The van der Waals surface area contributed by atoms with Crippen LogP contribution in [0.3, 0.4) is 0 Å². The second-order valence-corrected chi connectivity index (χ2v) is 4.88. The number of carbonyl (C=O) groups is 1. The van der Waals surface area contributed by atoms with E-state index in [1.165, 1.54) is 22.2 Å². The maximum Gasteiger partial charge on any atom is 0.266 e. The fourth-order valence-corrected chi connectivity index (χ4v) is 2.37. The van der Waals surface area contributed by atoms with Crippen LogP contribution in [0.5, 0.6) is 0 Å². The third-order valence-corrected chi connectivity index (χ3v) is 3.75. The highest BCUT2D eigenvalue weighted by Crippen LogP contribution is 2.19. The number of nitriles is 1. The largest absolute Gasteiger partial charge is 0.305 e. The molecule has 2 aromatic rings. The first-order chi connectivity index (χ1) is 8.65. The molecule has 2 aromatic heterocycles. The molecule has 2 heterocycles. The summed E-state index contributed by atoms with van der Waals surface area (Å²) in [4.78, 5) is 13.8. The van der Waals surface area contributed by atoms with Gasteiger partial charge in [-0.25, -0.2) is 0 Å². The molecule has 0 unspecified atom stereocenters. The fourth-order valence-electron chi connectivity index (χ4n) is 1.53. The van der Waals surface area contributed by atoms with Crippen molar-refractivity contribution < 1.29 is 4.79 Å². The number of carbonyl (C=O) groups excluding carboxylic acids is 1. The number of amides is 1. The Kier molecular flexibility index (Phi) is 3.44. The molecule has 0 aromatic carbocycles. The molecule has 0 atom stereocenters. The Balaban J connectivity index is 2.21. The minimum absolute atomic E-state index is 0.209. The number of anilines is 1. The molecule has 0 saturated heterocycles. The molecular formula is C12H12N4OS. The lowest BCUT2D eigenvalue weighted by atomic mass is 10.3. The van der Waals surface area contributed by atoms with Crippen LogP contribution in [-0.2, 0) is 13.5 Å². The third kappa shape index (κ3) is 2.26. The van der Waals surface area contributed by atoms with E-state index < -0.39 is 0 Å². The summed E-state index contributed by atoms with van der Waals surface area (Å²) in [5.74, 6) is 0.216. The molecule has 92 valence electrons. The highest BCUT2D eigenvalue weighted by molar-refractivity contribution is 7.14. The number of nitrogens with zero attached hydrogens (tertiary/aromatic N) is 3. The van der Waals surface area contributed by atoms with Gasteiger partial charge < -0.3 is 5.32 Å². The van der Waals surface area contributed by atoms with Crippen molar-refractivity contribution in [2.45, 2.75) is 13.3 Å². The summed E-state index contributed by atoms with van der Waals surface area (Å²) in [6.45, 7) is 2.04. The van der Waals surface area contributed by atoms with Crippen LogP contribution in [-0.4, -0.2) is 15.7 Å². The Morgan fingerprint density at radius 1 is 1.61 bits per heavy atom. The first-order valence-electron chi connectivity index (χ1n) is 5.48. The summed E-state index contributed by atoms with van der Waals surface area (Å²) in [5, 5.41) is 15.6. The molecule has 2 rings (SSSR count). The Morgan fingerprint density at radius 3 is 3.00 bits per heavy atom. The molecule has 0 aliphatic carbocycles. The zero-order valence-corrected chi connectivity index (χ0v) is 10.9. The number of aryl methyl sites for hydroxylation is 2. The molecule has 18 heavy (non-hydrogen) atoms. The Labute approximate surface area is 109 Å². The summed E-state index contributed by atoms with van der Waals surface area (Å²) in [6.07, 6.45) is 2.34. The van der Waals surface area contributed by atoms with Crippen molar-refractivity contribution in [3.63, 3.8) is 0 Å². The average Bonchev–Trinajstić information content (AvgIpc) is 2.97. The summed E-state index contributed by atoms with van der Waals surface area (Å²) >= 11 is 1.46. The number of thiophene rings is 1. The van der Waals surface area contributed by atoms with Gasteiger partial charge in [-0.15, -0.1) is 11.3 Å². The van der Waals surface area contributed by atoms with Gasteiger partial charge in [0.1, 0.15) is 17.5 Å².